The highest BCUT2D eigenvalue weighted by Crippen LogP contribution is 2.20. The van der Waals surface area contributed by atoms with Crippen LogP contribution in [0.25, 0.3) is 0 Å². The van der Waals surface area contributed by atoms with Crippen molar-refractivity contribution in [1.82, 2.24) is 14.9 Å². The molecule has 0 aliphatic carbocycles. The van der Waals surface area contributed by atoms with Gasteiger partial charge in [-0.15, -0.1) is 0 Å². The van der Waals surface area contributed by atoms with Gasteiger partial charge in [-0.25, -0.2) is 4.98 Å². The molecular weight excluding hydrogens is 250 g/mol. The second kappa shape index (κ2) is 6.20. The fourth-order valence-corrected chi connectivity index (χ4v) is 2.33. The minimum atomic E-state index is 0.497. The van der Waals surface area contributed by atoms with Crippen LogP contribution < -0.4 is 10.6 Å². The van der Waals surface area contributed by atoms with E-state index < -0.39 is 0 Å². The minimum Gasteiger partial charge on any atom is -0.367 e. The van der Waals surface area contributed by atoms with E-state index in [0.717, 1.165) is 6.54 Å². The molecule has 1 saturated heterocycles. The second-order valence-corrected chi connectivity index (χ2v) is 5.02. The van der Waals surface area contributed by atoms with E-state index in [4.69, 9.17) is 11.6 Å². The van der Waals surface area contributed by atoms with E-state index in [9.17, 15) is 0 Å². The Morgan fingerprint density at radius 1 is 1.44 bits per heavy atom. The van der Waals surface area contributed by atoms with Gasteiger partial charge < -0.3 is 10.6 Å². The van der Waals surface area contributed by atoms with Gasteiger partial charge in [-0.05, 0) is 32.9 Å². The molecule has 1 aromatic rings. The van der Waals surface area contributed by atoms with Crippen molar-refractivity contribution < 1.29 is 0 Å². The molecule has 1 fully saturated rings. The molecule has 0 spiro atoms. The van der Waals surface area contributed by atoms with Crippen LogP contribution in [0.4, 0.5) is 11.8 Å². The molecule has 5 nitrogen and oxygen atoms in total. The Bertz CT molecular complexity index is 392. The Hall–Kier alpha value is -1.07. The molecule has 0 bridgehead atoms. The highest BCUT2D eigenvalue weighted by molar-refractivity contribution is 6.32. The first-order chi connectivity index (χ1) is 8.70. The van der Waals surface area contributed by atoms with Crippen molar-refractivity contribution in [2.24, 2.45) is 0 Å². The van der Waals surface area contributed by atoms with Crippen LogP contribution in [0, 0.1) is 0 Å². The van der Waals surface area contributed by atoms with Crippen LogP contribution in [-0.2, 0) is 0 Å². The predicted octanol–water partition coefficient (Wildman–Crippen LogP) is 2.07. The van der Waals surface area contributed by atoms with Crippen molar-refractivity contribution in [2.45, 2.75) is 25.8 Å². The van der Waals surface area contributed by atoms with Gasteiger partial charge in [0.25, 0.3) is 0 Å². The monoisotopic (exact) mass is 269 g/mol. The summed E-state index contributed by atoms with van der Waals surface area (Å²) >= 11 is 6.07. The molecule has 0 aromatic carbocycles. The molecule has 1 aromatic heterocycles. The molecular formula is C12H20ClN5. The van der Waals surface area contributed by atoms with E-state index in [0.29, 0.717) is 22.8 Å². The van der Waals surface area contributed by atoms with E-state index in [1.807, 2.05) is 0 Å². The van der Waals surface area contributed by atoms with Gasteiger partial charge >= 0.3 is 0 Å². The molecule has 6 heteroatoms. The Kier molecular flexibility index (Phi) is 4.60. The third kappa shape index (κ3) is 3.23. The Balaban J connectivity index is 1.92. The summed E-state index contributed by atoms with van der Waals surface area (Å²) in [5.74, 6) is 1.28. The van der Waals surface area contributed by atoms with E-state index in [1.165, 1.54) is 25.9 Å². The lowest BCUT2D eigenvalue weighted by molar-refractivity contribution is 0.269. The molecule has 100 valence electrons. The quantitative estimate of drug-likeness (QED) is 0.857. The van der Waals surface area contributed by atoms with Crippen molar-refractivity contribution in [3.63, 3.8) is 0 Å². The summed E-state index contributed by atoms with van der Waals surface area (Å²) in [6.07, 6.45) is 4.23. The zero-order valence-electron chi connectivity index (χ0n) is 10.9. The molecule has 2 N–H and O–H groups in total. The maximum absolute atomic E-state index is 6.07. The van der Waals surface area contributed by atoms with Crippen molar-refractivity contribution >= 4 is 23.4 Å². The first-order valence-electron chi connectivity index (χ1n) is 6.39. The van der Waals surface area contributed by atoms with Gasteiger partial charge in [0.1, 0.15) is 5.02 Å². The Morgan fingerprint density at radius 3 is 2.83 bits per heavy atom. The first kappa shape index (κ1) is 13.4. The standard InChI is InChI=1S/C12H20ClN5/c1-9(18-5-3-4-6-18)7-15-11-10(13)8-16-12(14-2)17-11/h8-9H,3-7H2,1-2H3,(H2,14,15,16,17). The number of nitrogens with one attached hydrogen (secondary N) is 2. The van der Waals surface area contributed by atoms with E-state index in [-0.39, 0.29) is 0 Å². The summed E-state index contributed by atoms with van der Waals surface area (Å²) in [5.41, 5.74) is 0. The fraction of sp³-hybridized carbons (Fsp3) is 0.667. The molecule has 0 saturated carbocycles. The summed E-state index contributed by atoms with van der Waals surface area (Å²) in [4.78, 5) is 10.9. The molecule has 2 heterocycles. The number of hydrogen-bond donors (Lipinski definition) is 2. The molecule has 1 atom stereocenters. The van der Waals surface area contributed by atoms with Crippen molar-refractivity contribution in [2.75, 3.05) is 37.3 Å². The average molecular weight is 270 g/mol. The highest BCUT2D eigenvalue weighted by Gasteiger charge is 2.18. The van der Waals surface area contributed by atoms with Crippen molar-refractivity contribution in [1.29, 1.82) is 0 Å². The van der Waals surface area contributed by atoms with Gasteiger partial charge in [-0.1, -0.05) is 11.6 Å². The molecule has 0 amide bonds. The van der Waals surface area contributed by atoms with Crippen LogP contribution >= 0.6 is 11.6 Å². The minimum absolute atomic E-state index is 0.497. The van der Waals surface area contributed by atoms with Crippen LogP contribution in [0.1, 0.15) is 19.8 Å². The smallest absolute Gasteiger partial charge is 0.224 e. The van der Waals surface area contributed by atoms with Gasteiger partial charge in [-0.3, -0.25) is 4.90 Å². The number of hydrogen-bond acceptors (Lipinski definition) is 5. The second-order valence-electron chi connectivity index (χ2n) is 4.61. The fourth-order valence-electron chi connectivity index (χ4n) is 2.17. The third-order valence-corrected chi connectivity index (χ3v) is 3.57. The van der Waals surface area contributed by atoms with Gasteiger partial charge in [0.05, 0.1) is 6.20 Å². The number of nitrogens with zero attached hydrogens (tertiary/aromatic N) is 3. The molecule has 0 radical (unpaired) electrons. The Labute approximate surface area is 113 Å². The maximum atomic E-state index is 6.07. The molecule has 1 aliphatic rings. The van der Waals surface area contributed by atoms with E-state index in [2.05, 4.69) is 32.4 Å². The number of halogens is 1. The largest absolute Gasteiger partial charge is 0.367 e. The SMILES string of the molecule is CNc1ncc(Cl)c(NCC(C)N2CCCC2)n1. The predicted molar refractivity (Wildman–Crippen MR) is 75.3 cm³/mol. The lowest BCUT2D eigenvalue weighted by Crippen LogP contribution is -2.35. The average Bonchev–Trinajstić information content (AvgIpc) is 2.91. The topological polar surface area (TPSA) is 53.1 Å². The molecule has 1 unspecified atom stereocenters. The number of anilines is 2. The van der Waals surface area contributed by atoms with Crippen molar-refractivity contribution in [3.05, 3.63) is 11.2 Å². The van der Waals surface area contributed by atoms with E-state index in [1.54, 1.807) is 13.2 Å². The summed E-state index contributed by atoms with van der Waals surface area (Å²) in [5, 5.41) is 6.76. The number of likely N-dealkylation sites (tertiary alicyclic amines) is 1. The maximum Gasteiger partial charge on any atom is 0.224 e. The van der Waals surface area contributed by atoms with Gasteiger partial charge in [0, 0.05) is 19.6 Å². The molecule has 18 heavy (non-hydrogen) atoms. The zero-order valence-corrected chi connectivity index (χ0v) is 11.7. The van der Waals surface area contributed by atoms with Gasteiger partial charge in [0.15, 0.2) is 5.82 Å². The lowest BCUT2D eigenvalue weighted by Gasteiger charge is -2.24. The summed E-state index contributed by atoms with van der Waals surface area (Å²) in [6, 6.07) is 0.497. The third-order valence-electron chi connectivity index (χ3n) is 3.30. The first-order valence-corrected chi connectivity index (χ1v) is 6.76. The number of rotatable bonds is 5. The Morgan fingerprint density at radius 2 is 2.17 bits per heavy atom. The van der Waals surface area contributed by atoms with E-state index >= 15 is 0 Å². The van der Waals surface area contributed by atoms with Crippen LogP contribution in [0.5, 0.6) is 0 Å². The summed E-state index contributed by atoms with van der Waals surface area (Å²) in [6.45, 7) is 5.47. The van der Waals surface area contributed by atoms with Crippen LogP contribution in [0.15, 0.2) is 6.20 Å². The molecule has 2 rings (SSSR count). The highest BCUT2D eigenvalue weighted by atomic mass is 35.5. The molecule has 1 aliphatic heterocycles. The van der Waals surface area contributed by atoms with Crippen LogP contribution in [-0.4, -0.2) is 47.6 Å². The van der Waals surface area contributed by atoms with Crippen LogP contribution in [0.2, 0.25) is 5.02 Å². The van der Waals surface area contributed by atoms with Gasteiger partial charge in [0.2, 0.25) is 5.95 Å². The van der Waals surface area contributed by atoms with Crippen molar-refractivity contribution in [3.8, 4) is 0 Å². The zero-order chi connectivity index (χ0) is 13.0. The summed E-state index contributed by atoms with van der Waals surface area (Å²) < 4.78 is 0. The van der Waals surface area contributed by atoms with Gasteiger partial charge in [-0.2, -0.15) is 4.98 Å². The summed E-state index contributed by atoms with van der Waals surface area (Å²) in [7, 11) is 1.79. The number of aromatic nitrogens is 2. The normalized spacial score (nSPS) is 17.7. The van der Waals surface area contributed by atoms with Crippen LogP contribution in [0.3, 0.4) is 0 Å². The lowest BCUT2D eigenvalue weighted by atomic mass is 10.3.